The number of halogens is 2. The lowest BCUT2D eigenvalue weighted by molar-refractivity contribution is 0.461. The Morgan fingerprint density at radius 3 is 2.94 bits per heavy atom. The van der Waals surface area contributed by atoms with E-state index in [9.17, 15) is 4.39 Å². The summed E-state index contributed by atoms with van der Waals surface area (Å²) in [6.07, 6.45) is 2.73. The van der Waals surface area contributed by atoms with Gasteiger partial charge in [0.25, 0.3) is 0 Å². The summed E-state index contributed by atoms with van der Waals surface area (Å²) in [6, 6.07) is 4.95. The molecule has 0 heterocycles. The topological polar surface area (TPSA) is 12.0 Å². The molecule has 88 valence electrons. The smallest absolute Gasteiger partial charge is 0.142 e. The summed E-state index contributed by atoms with van der Waals surface area (Å²) in [5, 5.41) is 3.58. The molecule has 1 fully saturated rings. The molecule has 3 heteroatoms. The Morgan fingerprint density at radius 2 is 2.25 bits per heavy atom. The average molecular weight is 242 g/mol. The zero-order valence-corrected chi connectivity index (χ0v) is 10.2. The lowest BCUT2D eigenvalue weighted by Gasteiger charge is -2.12. The molecule has 1 unspecified atom stereocenters. The first-order chi connectivity index (χ1) is 7.68. The number of hydrogen-bond acceptors (Lipinski definition) is 1. The van der Waals surface area contributed by atoms with Crippen LogP contribution in [0.25, 0.3) is 0 Å². The molecular weight excluding hydrogens is 225 g/mol. The van der Waals surface area contributed by atoms with Gasteiger partial charge in [0.15, 0.2) is 0 Å². The van der Waals surface area contributed by atoms with Gasteiger partial charge < -0.3 is 5.32 Å². The van der Waals surface area contributed by atoms with Crippen LogP contribution in [0.15, 0.2) is 18.2 Å². The highest BCUT2D eigenvalue weighted by atomic mass is 35.5. The molecule has 0 aromatic heterocycles. The third-order valence-electron chi connectivity index (χ3n) is 3.24. The minimum Gasteiger partial charge on any atom is -0.312 e. The lowest BCUT2D eigenvalue weighted by Crippen LogP contribution is -2.22. The number of nitrogens with one attached hydrogen (secondary N) is 1. The Hall–Kier alpha value is -0.600. The van der Waals surface area contributed by atoms with E-state index in [1.165, 1.54) is 18.9 Å². The molecule has 1 aromatic carbocycles. The molecule has 1 aliphatic carbocycles. The van der Waals surface area contributed by atoms with Gasteiger partial charge in [-0.2, -0.15) is 0 Å². The predicted octanol–water partition coefficient (Wildman–Crippen LogP) is 3.61. The molecule has 1 saturated carbocycles. The predicted molar refractivity (Wildman–Crippen MR) is 65.0 cm³/mol. The van der Waals surface area contributed by atoms with Crippen molar-refractivity contribution >= 4 is 11.6 Å². The standard InChI is InChI=1S/C13H17ClFN/c1-9(10-5-6-10)7-16-8-11-3-2-4-12(15)13(11)14/h2-4,9-10,16H,5-8H2,1H3. The lowest BCUT2D eigenvalue weighted by atomic mass is 10.1. The first-order valence-corrected chi connectivity index (χ1v) is 6.20. The van der Waals surface area contributed by atoms with Gasteiger partial charge in [-0.25, -0.2) is 4.39 Å². The van der Waals surface area contributed by atoms with Crippen LogP contribution in [-0.4, -0.2) is 6.54 Å². The van der Waals surface area contributed by atoms with Crippen molar-refractivity contribution in [1.82, 2.24) is 5.32 Å². The maximum absolute atomic E-state index is 13.1. The maximum atomic E-state index is 13.1. The van der Waals surface area contributed by atoms with Crippen LogP contribution in [-0.2, 0) is 6.54 Å². The second-order valence-corrected chi connectivity index (χ2v) is 5.04. The quantitative estimate of drug-likeness (QED) is 0.831. The van der Waals surface area contributed by atoms with Gasteiger partial charge in [-0.3, -0.25) is 0 Å². The summed E-state index contributed by atoms with van der Waals surface area (Å²) in [5.74, 6) is 1.28. The molecule has 2 rings (SSSR count). The fraction of sp³-hybridized carbons (Fsp3) is 0.538. The Morgan fingerprint density at radius 1 is 1.50 bits per heavy atom. The van der Waals surface area contributed by atoms with Gasteiger partial charge in [0.2, 0.25) is 0 Å². The summed E-state index contributed by atoms with van der Waals surface area (Å²) in [7, 11) is 0. The molecule has 0 amide bonds. The SMILES string of the molecule is CC(CNCc1cccc(F)c1Cl)C1CC1. The molecule has 1 N–H and O–H groups in total. The number of hydrogen-bond donors (Lipinski definition) is 1. The van der Waals surface area contributed by atoms with E-state index < -0.39 is 0 Å². The average Bonchev–Trinajstić information content (AvgIpc) is 3.07. The van der Waals surface area contributed by atoms with E-state index in [2.05, 4.69) is 12.2 Å². The molecule has 1 nitrogen and oxygen atoms in total. The van der Waals surface area contributed by atoms with E-state index in [0.717, 1.165) is 18.0 Å². The summed E-state index contributed by atoms with van der Waals surface area (Å²) in [6.45, 7) is 3.89. The van der Waals surface area contributed by atoms with Crippen LogP contribution in [0.3, 0.4) is 0 Å². The molecular formula is C13H17ClFN. The van der Waals surface area contributed by atoms with Gasteiger partial charge in [0.1, 0.15) is 5.82 Å². The molecule has 16 heavy (non-hydrogen) atoms. The fourth-order valence-electron chi connectivity index (χ4n) is 1.95. The first-order valence-electron chi connectivity index (χ1n) is 5.82. The highest BCUT2D eigenvalue weighted by molar-refractivity contribution is 6.31. The Bertz CT molecular complexity index is 363. The third-order valence-corrected chi connectivity index (χ3v) is 3.66. The highest BCUT2D eigenvalue weighted by Gasteiger charge is 2.27. The second-order valence-electron chi connectivity index (χ2n) is 4.66. The Labute approximate surface area is 101 Å². The van der Waals surface area contributed by atoms with Gasteiger partial charge in [-0.05, 0) is 42.9 Å². The monoisotopic (exact) mass is 241 g/mol. The van der Waals surface area contributed by atoms with Crippen molar-refractivity contribution in [2.24, 2.45) is 11.8 Å². The minimum atomic E-state index is -0.337. The second kappa shape index (κ2) is 5.15. The van der Waals surface area contributed by atoms with Crippen LogP contribution in [0.5, 0.6) is 0 Å². The van der Waals surface area contributed by atoms with Crippen molar-refractivity contribution in [2.75, 3.05) is 6.54 Å². The van der Waals surface area contributed by atoms with Crippen LogP contribution < -0.4 is 5.32 Å². The van der Waals surface area contributed by atoms with Crippen molar-refractivity contribution in [2.45, 2.75) is 26.3 Å². The summed E-state index contributed by atoms with van der Waals surface area (Å²) in [4.78, 5) is 0. The third kappa shape index (κ3) is 2.96. The van der Waals surface area contributed by atoms with Crippen molar-refractivity contribution in [3.63, 3.8) is 0 Å². The van der Waals surface area contributed by atoms with E-state index in [4.69, 9.17) is 11.6 Å². The van der Waals surface area contributed by atoms with Crippen molar-refractivity contribution in [1.29, 1.82) is 0 Å². The van der Waals surface area contributed by atoms with Gasteiger partial charge in [0.05, 0.1) is 5.02 Å². The van der Waals surface area contributed by atoms with Gasteiger partial charge in [-0.15, -0.1) is 0 Å². The summed E-state index contributed by atoms with van der Waals surface area (Å²) >= 11 is 5.87. The van der Waals surface area contributed by atoms with Crippen LogP contribution in [0.4, 0.5) is 4.39 Å². The molecule has 1 aromatic rings. The zero-order chi connectivity index (χ0) is 11.5. The van der Waals surface area contributed by atoms with E-state index >= 15 is 0 Å². The van der Waals surface area contributed by atoms with Crippen molar-refractivity contribution < 1.29 is 4.39 Å². The zero-order valence-electron chi connectivity index (χ0n) is 9.47. The van der Waals surface area contributed by atoms with Crippen LogP contribution in [0.2, 0.25) is 5.02 Å². The first kappa shape index (κ1) is 11.9. The normalized spacial score (nSPS) is 17.4. The van der Waals surface area contributed by atoms with Crippen LogP contribution in [0.1, 0.15) is 25.3 Å². The molecule has 0 saturated heterocycles. The Balaban J connectivity index is 1.82. The molecule has 0 aliphatic heterocycles. The van der Waals surface area contributed by atoms with Gasteiger partial charge >= 0.3 is 0 Å². The summed E-state index contributed by atoms with van der Waals surface area (Å²) in [5.41, 5.74) is 0.838. The Kier molecular flexibility index (Phi) is 3.82. The highest BCUT2D eigenvalue weighted by Crippen LogP contribution is 2.36. The molecule has 1 atom stereocenters. The molecule has 0 bridgehead atoms. The van der Waals surface area contributed by atoms with E-state index in [1.807, 2.05) is 6.07 Å². The van der Waals surface area contributed by atoms with Crippen molar-refractivity contribution in [3.8, 4) is 0 Å². The van der Waals surface area contributed by atoms with E-state index in [-0.39, 0.29) is 10.8 Å². The van der Waals surface area contributed by atoms with E-state index in [0.29, 0.717) is 12.5 Å². The molecule has 0 radical (unpaired) electrons. The number of rotatable bonds is 5. The van der Waals surface area contributed by atoms with E-state index in [1.54, 1.807) is 6.07 Å². The molecule has 0 spiro atoms. The maximum Gasteiger partial charge on any atom is 0.142 e. The van der Waals surface area contributed by atoms with Crippen LogP contribution >= 0.6 is 11.6 Å². The van der Waals surface area contributed by atoms with Gasteiger partial charge in [0, 0.05) is 6.54 Å². The minimum absolute atomic E-state index is 0.245. The largest absolute Gasteiger partial charge is 0.312 e. The molecule has 1 aliphatic rings. The fourth-order valence-corrected chi connectivity index (χ4v) is 2.14. The van der Waals surface area contributed by atoms with Crippen molar-refractivity contribution in [3.05, 3.63) is 34.6 Å². The van der Waals surface area contributed by atoms with Crippen LogP contribution in [0, 0.1) is 17.7 Å². The number of benzene rings is 1. The van der Waals surface area contributed by atoms with Gasteiger partial charge in [-0.1, -0.05) is 30.7 Å². The summed E-state index contributed by atoms with van der Waals surface area (Å²) < 4.78 is 13.1.